The van der Waals surface area contributed by atoms with Gasteiger partial charge in [0.2, 0.25) is 0 Å². The number of carbonyl (C=O) groups is 1. The molecule has 0 saturated heterocycles. The Kier molecular flexibility index (Phi) is 5.40. The van der Waals surface area contributed by atoms with Crippen molar-refractivity contribution in [1.29, 1.82) is 0 Å². The Balaban J connectivity index is 1.74. The molecule has 0 aliphatic carbocycles. The average Bonchev–Trinajstić information content (AvgIpc) is 3.10. The molecular formula is C19H19N3OS2. The van der Waals surface area contributed by atoms with Gasteiger partial charge in [-0.1, -0.05) is 18.2 Å². The fraction of sp³-hybridized carbons (Fsp3) is 0.158. The maximum atomic E-state index is 12.5. The lowest BCUT2D eigenvalue weighted by molar-refractivity contribution is 0.102. The molecule has 1 amide bonds. The molecule has 0 fully saturated rings. The summed E-state index contributed by atoms with van der Waals surface area (Å²) in [6, 6.07) is 15.8. The number of nitrogens with zero attached hydrogens (tertiary/aromatic N) is 2. The molecule has 0 saturated carbocycles. The van der Waals surface area contributed by atoms with Crippen molar-refractivity contribution in [3.8, 4) is 11.3 Å². The zero-order valence-corrected chi connectivity index (χ0v) is 15.9. The number of thioether (sulfide) groups is 1. The Morgan fingerprint density at radius 2 is 1.92 bits per heavy atom. The fourth-order valence-corrected chi connectivity index (χ4v) is 3.44. The van der Waals surface area contributed by atoms with Gasteiger partial charge in [-0.3, -0.25) is 10.1 Å². The summed E-state index contributed by atoms with van der Waals surface area (Å²) in [6.07, 6.45) is 2.05. The molecule has 6 heteroatoms. The molecule has 1 heterocycles. The minimum atomic E-state index is -0.151. The summed E-state index contributed by atoms with van der Waals surface area (Å²) in [4.78, 5) is 20.2. The number of hydrogen-bond acceptors (Lipinski definition) is 5. The van der Waals surface area contributed by atoms with Crippen molar-refractivity contribution >= 4 is 39.8 Å². The SMILES string of the molecule is CSc1ccc(-c2csc(NC(=O)c3cccc(N(C)C)c3)n2)cc1. The molecule has 0 bridgehead atoms. The first-order valence-electron chi connectivity index (χ1n) is 7.75. The molecule has 0 unspecified atom stereocenters. The van der Waals surface area contributed by atoms with Crippen LogP contribution in [0.4, 0.5) is 10.8 Å². The second-order valence-corrected chi connectivity index (χ2v) is 7.40. The third-order valence-corrected chi connectivity index (χ3v) is 5.24. The van der Waals surface area contributed by atoms with Crippen molar-refractivity contribution in [3.05, 3.63) is 59.5 Å². The second-order valence-electron chi connectivity index (χ2n) is 5.67. The van der Waals surface area contributed by atoms with Gasteiger partial charge in [-0.25, -0.2) is 4.98 Å². The number of hydrogen-bond donors (Lipinski definition) is 1. The van der Waals surface area contributed by atoms with E-state index in [0.717, 1.165) is 16.9 Å². The number of carbonyl (C=O) groups excluding carboxylic acids is 1. The normalized spacial score (nSPS) is 10.5. The molecule has 0 aliphatic rings. The van der Waals surface area contributed by atoms with Gasteiger partial charge in [-0.05, 0) is 36.6 Å². The van der Waals surface area contributed by atoms with Crippen LogP contribution in [0.25, 0.3) is 11.3 Å². The number of aromatic nitrogens is 1. The van der Waals surface area contributed by atoms with Crippen LogP contribution < -0.4 is 10.2 Å². The highest BCUT2D eigenvalue weighted by atomic mass is 32.2. The zero-order chi connectivity index (χ0) is 17.8. The van der Waals surface area contributed by atoms with Crippen LogP contribution in [0.2, 0.25) is 0 Å². The lowest BCUT2D eigenvalue weighted by Crippen LogP contribution is -2.14. The van der Waals surface area contributed by atoms with Crippen LogP contribution in [0.15, 0.2) is 58.8 Å². The minimum Gasteiger partial charge on any atom is -0.378 e. The van der Waals surface area contributed by atoms with Crippen LogP contribution in [-0.4, -0.2) is 31.2 Å². The standard InChI is InChI=1S/C19H19N3OS2/c1-22(2)15-6-4-5-14(11-15)18(23)21-19-20-17(12-25-19)13-7-9-16(24-3)10-8-13/h4-12H,1-3H3,(H,20,21,23). The molecule has 2 aromatic carbocycles. The number of benzene rings is 2. The molecule has 3 aromatic rings. The van der Waals surface area contributed by atoms with Crippen LogP contribution in [0.1, 0.15) is 10.4 Å². The monoisotopic (exact) mass is 369 g/mol. The Bertz CT molecular complexity index is 872. The van der Waals surface area contributed by atoms with Crippen molar-refractivity contribution in [1.82, 2.24) is 4.98 Å². The van der Waals surface area contributed by atoms with E-state index in [-0.39, 0.29) is 5.91 Å². The molecule has 0 atom stereocenters. The number of rotatable bonds is 5. The highest BCUT2D eigenvalue weighted by Crippen LogP contribution is 2.27. The van der Waals surface area contributed by atoms with Crippen LogP contribution in [-0.2, 0) is 0 Å². The number of nitrogens with one attached hydrogen (secondary N) is 1. The predicted octanol–water partition coefficient (Wildman–Crippen LogP) is 4.85. The summed E-state index contributed by atoms with van der Waals surface area (Å²) in [5.74, 6) is -0.151. The van der Waals surface area contributed by atoms with E-state index in [2.05, 4.69) is 28.7 Å². The van der Waals surface area contributed by atoms with E-state index in [0.29, 0.717) is 10.7 Å². The van der Waals surface area contributed by atoms with Gasteiger partial charge in [0.15, 0.2) is 5.13 Å². The average molecular weight is 370 g/mol. The van der Waals surface area contributed by atoms with E-state index in [1.54, 1.807) is 17.8 Å². The van der Waals surface area contributed by atoms with Crippen molar-refractivity contribution in [2.75, 3.05) is 30.6 Å². The van der Waals surface area contributed by atoms with Gasteiger partial charge in [-0.15, -0.1) is 23.1 Å². The third-order valence-electron chi connectivity index (χ3n) is 3.74. The molecule has 1 aromatic heterocycles. The smallest absolute Gasteiger partial charge is 0.257 e. The van der Waals surface area contributed by atoms with Crippen molar-refractivity contribution in [2.45, 2.75) is 4.90 Å². The van der Waals surface area contributed by atoms with Crippen molar-refractivity contribution in [3.63, 3.8) is 0 Å². The van der Waals surface area contributed by atoms with E-state index in [1.807, 2.05) is 54.7 Å². The maximum absolute atomic E-state index is 12.5. The van der Waals surface area contributed by atoms with Crippen LogP contribution in [0.5, 0.6) is 0 Å². The van der Waals surface area contributed by atoms with E-state index in [1.165, 1.54) is 16.2 Å². The van der Waals surface area contributed by atoms with Crippen LogP contribution in [0.3, 0.4) is 0 Å². The van der Waals surface area contributed by atoms with Gasteiger partial charge in [-0.2, -0.15) is 0 Å². The maximum Gasteiger partial charge on any atom is 0.257 e. The molecule has 4 nitrogen and oxygen atoms in total. The number of anilines is 2. The van der Waals surface area contributed by atoms with Gasteiger partial charge < -0.3 is 4.90 Å². The van der Waals surface area contributed by atoms with Gasteiger partial charge >= 0.3 is 0 Å². The first kappa shape index (κ1) is 17.5. The minimum absolute atomic E-state index is 0.151. The van der Waals surface area contributed by atoms with Crippen LogP contribution >= 0.6 is 23.1 Å². The molecule has 1 N–H and O–H groups in total. The van der Waals surface area contributed by atoms with Crippen molar-refractivity contribution in [2.24, 2.45) is 0 Å². The Morgan fingerprint density at radius 3 is 2.60 bits per heavy atom. The molecular weight excluding hydrogens is 350 g/mol. The number of thiazole rings is 1. The Labute approximate surface area is 155 Å². The summed E-state index contributed by atoms with van der Waals surface area (Å²) in [7, 11) is 3.90. The topological polar surface area (TPSA) is 45.2 Å². The lowest BCUT2D eigenvalue weighted by Gasteiger charge is -2.13. The summed E-state index contributed by atoms with van der Waals surface area (Å²) in [6.45, 7) is 0. The van der Waals surface area contributed by atoms with Crippen LogP contribution in [0, 0.1) is 0 Å². The summed E-state index contributed by atoms with van der Waals surface area (Å²) < 4.78 is 0. The van der Waals surface area contributed by atoms with E-state index in [9.17, 15) is 4.79 Å². The lowest BCUT2D eigenvalue weighted by atomic mass is 10.2. The Morgan fingerprint density at radius 1 is 1.16 bits per heavy atom. The zero-order valence-electron chi connectivity index (χ0n) is 14.3. The van der Waals surface area contributed by atoms with Gasteiger partial charge in [0, 0.05) is 41.2 Å². The van der Waals surface area contributed by atoms with Crippen molar-refractivity contribution < 1.29 is 4.79 Å². The first-order valence-corrected chi connectivity index (χ1v) is 9.86. The highest BCUT2D eigenvalue weighted by Gasteiger charge is 2.11. The molecule has 3 rings (SSSR count). The molecule has 0 spiro atoms. The summed E-state index contributed by atoms with van der Waals surface area (Å²) >= 11 is 3.14. The third kappa shape index (κ3) is 4.21. The molecule has 128 valence electrons. The first-order chi connectivity index (χ1) is 12.1. The van der Waals surface area contributed by atoms with Gasteiger partial charge in [0.25, 0.3) is 5.91 Å². The fourth-order valence-electron chi connectivity index (χ4n) is 2.32. The number of amides is 1. The second kappa shape index (κ2) is 7.72. The van der Waals surface area contributed by atoms with Gasteiger partial charge in [0.1, 0.15) is 0 Å². The molecule has 25 heavy (non-hydrogen) atoms. The van der Waals surface area contributed by atoms with E-state index < -0.39 is 0 Å². The largest absolute Gasteiger partial charge is 0.378 e. The quantitative estimate of drug-likeness (QED) is 0.653. The predicted molar refractivity (Wildman–Crippen MR) is 108 cm³/mol. The van der Waals surface area contributed by atoms with Gasteiger partial charge in [0.05, 0.1) is 5.69 Å². The summed E-state index contributed by atoms with van der Waals surface area (Å²) in [5, 5.41) is 5.44. The molecule has 0 aliphatic heterocycles. The van der Waals surface area contributed by atoms with E-state index >= 15 is 0 Å². The van der Waals surface area contributed by atoms with E-state index in [4.69, 9.17) is 0 Å². The summed E-state index contributed by atoms with van der Waals surface area (Å²) in [5.41, 5.74) is 3.52. The Hall–Kier alpha value is -2.31. The highest BCUT2D eigenvalue weighted by molar-refractivity contribution is 7.98. The molecule has 0 radical (unpaired) electrons.